The zero-order valence-corrected chi connectivity index (χ0v) is 14.4. The van der Waals surface area contributed by atoms with E-state index in [-0.39, 0.29) is 10.8 Å². The van der Waals surface area contributed by atoms with E-state index in [0.29, 0.717) is 11.3 Å². The van der Waals surface area contributed by atoms with E-state index in [4.69, 9.17) is 0 Å². The van der Waals surface area contributed by atoms with Crippen molar-refractivity contribution in [3.8, 4) is 10.6 Å². The number of sulfone groups is 1. The first-order valence-electron chi connectivity index (χ1n) is 7.05. The van der Waals surface area contributed by atoms with Gasteiger partial charge in [0.05, 0.1) is 4.90 Å². The van der Waals surface area contributed by atoms with Crippen LogP contribution in [0.2, 0.25) is 0 Å². The third kappa shape index (κ3) is 3.69. The van der Waals surface area contributed by atoms with Crippen molar-refractivity contribution in [3.63, 3.8) is 0 Å². The number of carbonyl (C=O) groups is 1. The molecule has 0 unspecified atom stereocenters. The van der Waals surface area contributed by atoms with Crippen LogP contribution in [0.4, 0.5) is 5.69 Å². The van der Waals surface area contributed by atoms with Crippen LogP contribution in [0.3, 0.4) is 0 Å². The second-order valence-electron chi connectivity index (χ2n) is 5.17. The Kier molecular flexibility index (Phi) is 4.46. The second kappa shape index (κ2) is 6.54. The van der Waals surface area contributed by atoms with E-state index < -0.39 is 9.84 Å². The second-order valence-corrected chi connectivity index (χ2v) is 8.08. The molecule has 5 nitrogen and oxygen atoms in total. The summed E-state index contributed by atoms with van der Waals surface area (Å²) in [5.74, 6) is -0.294. The van der Waals surface area contributed by atoms with E-state index in [0.717, 1.165) is 16.8 Å². The normalized spacial score (nSPS) is 11.2. The SMILES string of the molecule is CS(=O)(=O)c1ccc(C(=O)Nc2ccc(-c3nccs3)cc2)cc1. The summed E-state index contributed by atoms with van der Waals surface area (Å²) >= 11 is 1.55. The van der Waals surface area contributed by atoms with E-state index in [1.807, 2.05) is 17.5 Å². The van der Waals surface area contributed by atoms with Gasteiger partial charge in [0.25, 0.3) is 5.91 Å². The summed E-state index contributed by atoms with van der Waals surface area (Å²) in [4.78, 5) is 16.6. The predicted molar refractivity (Wildman–Crippen MR) is 95.1 cm³/mol. The lowest BCUT2D eigenvalue weighted by atomic mass is 10.2. The van der Waals surface area contributed by atoms with Gasteiger partial charge in [-0.05, 0) is 48.5 Å². The first kappa shape index (κ1) is 16.4. The van der Waals surface area contributed by atoms with Crippen LogP contribution in [0.25, 0.3) is 10.6 Å². The molecular weight excluding hydrogens is 344 g/mol. The highest BCUT2D eigenvalue weighted by Gasteiger charge is 2.10. The Balaban J connectivity index is 1.73. The number of hydrogen-bond donors (Lipinski definition) is 1. The summed E-state index contributed by atoms with van der Waals surface area (Å²) in [5.41, 5.74) is 2.04. The van der Waals surface area contributed by atoms with Gasteiger partial charge in [0.1, 0.15) is 5.01 Å². The molecule has 0 spiro atoms. The van der Waals surface area contributed by atoms with Crippen molar-refractivity contribution in [2.24, 2.45) is 0 Å². The average molecular weight is 358 g/mol. The van der Waals surface area contributed by atoms with Gasteiger partial charge in [-0.25, -0.2) is 13.4 Å². The van der Waals surface area contributed by atoms with Crippen LogP contribution in [0.1, 0.15) is 10.4 Å². The highest BCUT2D eigenvalue weighted by Crippen LogP contribution is 2.23. The van der Waals surface area contributed by atoms with Crippen molar-refractivity contribution >= 4 is 32.8 Å². The van der Waals surface area contributed by atoms with Gasteiger partial charge in [-0.2, -0.15) is 0 Å². The third-order valence-corrected chi connectivity index (χ3v) is 5.32. The summed E-state index contributed by atoms with van der Waals surface area (Å²) in [5, 5.41) is 5.61. The number of nitrogens with one attached hydrogen (secondary N) is 1. The van der Waals surface area contributed by atoms with Crippen molar-refractivity contribution < 1.29 is 13.2 Å². The number of amides is 1. The quantitative estimate of drug-likeness (QED) is 0.775. The molecule has 0 saturated heterocycles. The largest absolute Gasteiger partial charge is 0.322 e. The fourth-order valence-corrected chi connectivity index (χ4v) is 3.39. The average Bonchev–Trinajstić information content (AvgIpc) is 3.09. The maximum absolute atomic E-state index is 12.2. The molecule has 1 heterocycles. The van der Waals surface area contributed by atoms with Crippen LogP contribution in [0.5, 0.6) is 0 Å². The van der Waals surface area contributed by atoms with Crippen molar-refractivity contribution in [3.05, 3.63) is 65.7 Å². The zero-order valence-electron chi connectivity index (χ0n) is 12.8. The van der Waals surface area contributed by atoms with Crippen LogP contribution in [-0.4, -0.2) is 25.6 Å². The van der Waals surface area contributed by atoms with Gasteiger partial charge < -0.3 is 5.32 Å². The molecule has 0 bridgehead atoms. The van der Waals surface area contributed by atoms with Crippen molar-refractivity contribution in [1.82, 2.24) is 4.98 Å². The first-order valence-corrected chi connectivity index (χ1v) is 9.82. The molecule has 1 amide bonds. The molecule has 0 fully saturated rings. The molecule has 3 aromatic rings. The maximum atomic E-state index is 12.2. The highest BCUT2D eigenvalue weighted by atomic mass is 32.2. The maximum Gasteiger partial charge on any atom is 0.255 e. The number of anilines is 1. The monoisotopic (exact) mass is 358 g/mol. The number of thiazole rings is 1. The Morgan fingerprint density at radius 1 is 1.04 bits per heavy atom. The summed E-state index contributed by atoms with van der Waals surface area (Å²) in [7, 11) is -3.27. The lowest BCUT2D eigenvalue weighted by Crippen LogP contribution is -2.12. The molecule has 0 aliphatic heterocycles. The Labute approximate surface area is 143 Å². The first-order chi connectivity index (χ1) is 11.4. The summed E-state index contributed by atoms with van der Waals surface area (Å²) in [6.45, 7) is 0. The van der Waals surface area contributed by atoms with E-state index >= 15 is 0 Å². The molecule has 0 saturated carbocycles. The molecule has 3 rings (SSSR count). The number of aromatic nitrogens is 1. The van der Waals surface area contributed by atoms with Gasteiger partial charge in [-0.1, -0.05) is 0 Å². The van der Waals surface area contributed by atoms with Crippen molar-refractivity contribution in [1.29, 1.82) is 0 Å². The minimum absolute atomic E-state index is 0.187. The summed E-state index contributed by atoms with van der Waals surface area (Å²) in [6.07, 6.45) is 2.88. The molecule has 24 heavy (non-hydrogen) atoms. The molecule has 1 aromatic heterocycles. The Bertz CT molecular complexity index is 946. The fraction of sp³-hybridized carbons (Fsp3) is 0.0588. The molecule has 2 aromatic carbocycles. The fourth-order valence-electron chi connectivity index (χ4n) is 2.12. The van der Waals surface area contributed by atoms with Gasteiger partial charge in [0, 0.05) is 34.6 Å². The smallest absolute Gasteiger partial charge is 0.255 e. The third-order valence-electron chi connectivity index (χ3n) is 3.37. The van der Waals surface area contributed by atoms with Crippen LogP contribution in [0.15, 0.2) is 65.0 Å². The number of benzene rings is 2. The van der Waals surface area contributed by atoms with Crippen LogP contribution >= 0.6 is 11.3 Å². The van der Waals surface area contributed by atoms with E-state index in [1.165, 1.54) is 24.3 Å². The molecule has 0 atom stereocenters. The number of nitrogens with zero attached hydrogens (tertiary/aromatic N) is 1. The molecular formula is C17H14N2O3S2. The molecule has 0 aliphatic carbocycles. The molecule has 7 heteroatoms. The number of hydrogen-bond acceptors (Lipinski definition) is 5. The molecule has 122 valence electrons. The van der Waals surface area contributed by atoms with Gasteiger partial charge in [0.2, 0.25) is 0 Å². The summed E-state index contributed by atoms with van der Waals surface area (Å²) in [6, 6.07) is 13.2. The topological polar surface area (TPSA) is 76.1 Å². The number of carbonyl (C=O) groups excluding carboxylic acids is 1. The number of rotatable bonds is 4. The minimum Gasteiger partial charge on any atom is -0.322 e. The van der Waals surface area contributed by atoms with Gasteiger partial charge in [-0.3, -0.25) is 4.79 Å². The van der Waals surface area contributed by atoms with E-state index in [2.05, 4.69) is 10.3 Å². The van der Waals surface area contributed by atoms with Gasteiger partial charge in [-0.15, -0.1) is 11.3 Å². The van der Waals surface area contributed by atoms with Gasteiger partial charge in [0.15, 0.2) is 9.84 Å². The van der Waals surface area contributed by atoms with E-state index in [1.54, 1.807) is 29.7 Å². The zero-order chi connectivity index (χ0) is 17.2. The Morgan fingerprint density at radius 2 is 1.71 bits per heavy atom. The highest BCUT2D eigenvalue weighted by molar-refractivity contribution is 7.90. The molecule has 1 N–H and O–H groups in total. The minimum atomic E-state index is -3.27. The van der Waals surface area contributed by atoms with Crippen molar-refractivity contribution in [2.75, 3.05) is 11.6 Å². The summed E-state index contributed by atoms with van der Waals surface area (Å²) < 4.78 is 22.9. The lowest BCUT2D eigenvalue weighted by molar-refractivity contribution is 0.102. The standard InChI is InChI=1S/C17H14N2O3S2/c1-24(21,22)15-8-4-12(5-9-15)16(20)19-14-6-2-13(3-7-14)17-18-10-11-23-17/h2-11H,1H3,(H,19,20). The van der Waals surface area contributed by atoms with Crippen LogP contribution in [0, 0.1) is 0 Å². The molecule has 0 aliphatic rings. The predicted octanol–water partition coefficient (Wildman–Crippen LogP) is 3.47. The lowest BCUT2D eigenvalue weighted by Gasteiger charge is -2.06. The van der Waals surface area contributed by atoms with Gasteiger partial charge >= 0.3 is 0 Å². The molecule has 0 radical (unpaired) electrons. The van der Waals surface area contributed by atoms with Crippen molar-refractivity contribution in [2.45, 2.75) is 4.90 Å². The van der Waals surface area contributed by atoms with Crippen LogP contribution in [-0.2, 0) is 9.84 Å². The Hall–Kier alpha value is -2.51. The van der Waals surface area contributed by atoms with Crippen LogP contribution < -0.4 is 5.32 Å². The Morgan fingerprint density at radius 3 is 2.25 bits per heavy atom. The van der Waals surface area contributed by atoms with E-state index in [9.17, 15) is 13.2 Å².